The van der Waals surface area contributed by atoms with Crippen molar-refractivity contribution in [2.75, 3.05) is 13.2 Å². The number of hydrogen-bond acceptors (Lipinski definition) is 3. The monoisotopic (exact) mass is 279 g/mol. The highest BCUT2D eigenvalue weighted by Crippen LogP contribution is 2.25. The van der Waals surface area contributed by atoms with Crippen LogP contribution in [0.25, 0.3) is 0 Å². The van der Waals surface area contributed by atoms with E-state index in [1.54, 1.807) is 0 Å². The lowest BCUT2D eigenvalue weighted by atomic mass is 9.87. The highest BCUT2D eigenvalue weighted by atomic mass is 16.5. The number of rotatable bonds is 7. The maximum Gasteiger partial charge on any atom is 0.324 e. The fraction of sp³-hybridized carbons (Fsp3) is 0.562. The Morgan fingerprint density at radius 1 is 1.40 bits per heavy atom. The van der Waals surface area contributed by atoms with E-state index in [-0.39, 0.29) is 12.0 Å². The molecule has 1 aromatic rings. The van der Waals surface area contributed by atoms with Gasteiger partial charge in [0.25, 0.3) is 0 Å². The van der Waals surface area contributed by atoms with E-state index in [4.69, 9.17) is 9.84 Å². The second kappa shape index (κ2) is 7.29. The Labute approximate surface area is 121 Å². The molecule has 0 aliphatic heterocycles. The maximum absolute atomic E-state index is 11.1. The number of carbonyl (C=O) groups is 1. The number of aliphatic carboxylic acids is 1. The van der Waals surface area contributed by atoms with Gasteiger partial charge in [-0.1, -0.05) is 39.8 Å². The molecule has 0 heterocycles. The van der Waals surface area contributed by atoms with Crippen LogP contribution in [0.3, 0.4) is 0 Å². The molecule has 2 N–H and O–H groups in total. The van der Waals surface area contributed by atoms with Crippen molar-refractivity contribution in [3.05, 3.63) is 29.8 Å². The van der Waals surface area contributed by atoms with Crippen molar-refractivity contribution >= 4 is 5.97 Å². The number of carboxylic acid groups (broad SMARTS) is 1. The molecule has 4 nitrogen and oxygen atoms in total. The molecular weight excluding hydrogens is 254 g/mol. The number of nitrogens with one attached hydrogen (secondary N) is 1. The lowest BCUT2D eigenvalue weighted by molar-refractivity contribution is -0.140. The van der Waals surface area contributed by atoms with Crippen molar-refractivity contribution in [1.29, 1.82) is 0 Å². The Hall–Kier alpha value is -1.55. The van der Waals surface area contributed by atoms with Crippen molar-refractivity contribution in [2.45, 2.75) is 45.6 Å². The fourth-order valence-corrected chi connectivity index (χ4v) is 1.77. The molecule has 0 spiro atoms. The van der Waals surface area contributed by atoms with Crippen LogP contribution in [-0.4, -0.2) is 30.3 Å². The van der Waals surface area contributed by atoms with Gasteiger partial charge in [0, 0.05) is 0 Å². The third-order valence-electron chi connectivity index (χ3n) is 3.06. The Morgan fingerprint density at radius 3 is 2.65 bits per heavy atom. The Kier molecular flexibility index (Phi) is 6.02. The second-order valence-electron chi connectivity index (χ2n) is 5.93. The molecule has 0 saturated carbocycles. The summed E-state index contributed by atoms with van der Waals surface area (Å²) in [6, 6.07) is 7.14. The van der Waals surface area contributed by atoms with Gasteiger partial charge in [0.2, 0.25) is 0 Å². The van der Waals surface area contributed by atoms with Crippen LogP contribution in [0.2, 0.25) is 0 Å². The molecule has 0 radical (unpaired) electrons. The third kappa shape index (κ3) is 5.21. The van der Waals surface area contributed by atoms with Crippen LogP contribution >= 0.6 is 0 Å². The van der Waals surface area contributed by atoms with E-state index in [0.29, 0.717) is 12.3 Å². The first-order chi connectivity index (χ1) is 9.34. The first-order valence-corrected chi connectivity index (χ1v) is 7.04. The zero-order valence-corrected chi connectivity index (χ0v) is 12.8. The van der Waals surface area contributed by atoms with Gasteiger partial charge in [0.1, 0.15) is 18.4 Å². The summed E-state index contributed by atoms with van der Waals surface area (Å²) in [5.74, 6) is -0.174. The van der Waals surface area contributed by atoms with Crippen LogP contribution in [-0.2, 0) is 10.2 Å². The number of carboxylic acids is 1. The Balaban J connectivity index is 2.66. The summed E-state index contributed by atoms with van der Waals surface area (Å²) in [6.07, 6.45) is 0.892. The summed E-state index contributed by atoms with van der Waals surface area (Å²) < 4.78 is 5.62. The van der Waals surface area contributed by atoms with Crippen LogP contribution in [0.15, 0.2) is 24.3 Å². The molecular formula is C16H25NO3. The molecule has 4 heteroatoms. The molecule has 1 atom stereocenters. The normalized spacial score (nSPS) is 13.0. The quantitative estimate of drug-likeness (QED) is 0.806. The summed E-state index contributed by atoms with van der Waals surface area (Å²) in [7, 11) is 0. The van der Waals surface area contributed by atoms with Gasteiger partial charge in [-0.2, -0.15) is 0 Å². The molecule has 0 aliphatic carbocycles. The SMILES string of the molecule is CCCNC(COc1cccc(C(C)(C)C)c1)C(=O)O. The summed E-state index contributed by atoms with van der Waals surface area (Å²) in [4.78, 5) is 11.1. The Bertz CT molecular complexity index is 438. The van der Waals surface area contributed by atoms with Gasteiger partial charge in [-0.3, -0.25) is 4.79 Å². The lowest BCUT2D eigenvalue weighted by Gasteiger charge is -2.20. The van der Waals surface area contributed by atoms with E-state index in [9.17, 15) is 4.79 Å². The zero-order valence-electron chi connectivity index (χ0n) is 12.8. The summed E-state index contributed by atoms with van der Waals surface area (Å²) in [5, 5.41) is 12.1. The topological polar surface area (TPSA) is 58.6 Å². The number of hydrogen-bond donors (Lipinski definition) is 2. The molecule has 0 aliphatic rings. The lowest BCUT2D eigenvalue weighted by Crippen LogP contribution is -2.41. The fourth-order valence-electron chi connectivity index (χ4n) is 1.77. The first-order valence-electron chi connectivity index (χ1n) is 7.04. The molecule has 0 saturated heterocycles. The van der Waals surface area contributed by atoms with E-state index in [0.717, 1.165) is 6.42 Å². The van der Waals surface area contributed by atoms with Crippen molar-refractivity contribution in [3.63, 3.8) is 0 Å². The van der Waals surface area contributed by atoms with Crippen molar-refractivity contribution in [3.8, 4) is 5.75 Å². The van der Waals surface area contributed by atoms with Gasteiger partial charge in [-0.25, -0.2) is 0 Å². The second-order valence-corrected chi connectivity index (χ2v) is 5.93. The van der Waals surface area contributed by atoms with Gasteiger partial charge in [-0.05, 0) is 36.1 Å². The smallest absolute Gasteiger partial charge is 0.324 e. The van der Waals surface area contributed by atoms with Crippen LogP contribution in [0, 0.1) is 0 Å². The van der Waals surface area contributed by atoms with Gasteiger partial charge < -0.3 is 15.2 Å². The van der Waals surface area contributed by atoms with Gasteiger partial charge >= 0.3 is 5.97 Å². The minimum atomic E-state index is -0.884. The summed E-state index contributed by atoms with van der Waals surface area (Å²) in [5.41, 5.74) is 1.22. The molecule has 0 bridgehead atoms. The van der Waals surface area contributed by atoms with E-state index in [2.05, 4.69) is 32.2 Å². The van der Waals surface area contributed by atoms with Crippen molar-refractivity contribution in [1.82, 2.24) is 5.32 Å². The average Bonchev–Trinajstić information content (AvgIpc) is 2.37. The predicted octanol–water partition coefficient (Wildman–Crippen LogP) is 2.82. The minimum Gasteiger partial charge on any atom is -0.491 e. The van der Waals surface area contributed by atoms with Gasteiger partial charge in [-0.15, -0.1) is 0 Å². The van der Waals surface area contributed by atoms with Gasteiger partial charge in [0.05, 0.1) is 0 Å². The summed E-state index contributed by atoms with van der Waals surface area (Å²) >= 11 is 0. The van der Waals surface area contributed by atoms with Crippen molar-refractivity contribution in [2.24, 2.45) is 0 Å². The number of ether oxygens (including phenoxy) is 1. The zero-order chi connectivity index (χ0) is 15.2. The highest BCUT2D eigenvalue weighted by molar-refractivity contribution is 5.73. The molecule has 1 unspecified atom stereocenters. The minimum absolute atomic E-state index is 0.0476. The third-order valence-corrected chi connectivity index (χ3v) is 3.06. The van der Waals surface area contributed by atoms with E-state index in [1.807, 2.05) is 25.1 Å². The maximum atomic E-state index is 11.1. The molecule has 20 heavy (non-hydrogen) atoms. The number of benzene rings is 1. The standard InChI is InChI=1S/C16H25NO3/c1-5-9-17-14(15(18)19)11-20-13-8-6-7-12(10-13)16(2,3)4/h6-8,10,14,17H,5,9,11H2,1-4H3,(H,18,19). The van der Waals surface area contributed by atoms with Crippen LogP contribution < -0.4 is 10.1 Å². The molecule has 0 aromatic heterocycles. The molecule has 1 aromatic carbocycles. The molecule has 0 fully saturated rings. The molecule has 0 amide bonds. The summed E-state index contributed by atoms with van der Waals surface area (Å²) in [6.45, 7) is 9.20. The Morgan fingerprint density at radius 2 is 2.10 bits per heavy atom. The van der Waals surface area contributed by atoms with E-state index in [1.165, 1.54) is 5.56 Å². The van der Waals surface area contributed by atoms with E-state index < -0.39 is 12.0 Å². The predicted molar refractivity (Wildman–Crippen MR) is 80.4 cm³/mol. The molecule has 1 rings (SSSR count). The largest absolute Gasteiger partial charge is 0.491 e. The molecule has 112 valence electrons. The van der Waals surface area contributed by atoms with Gasteiger partial charge in [0.15, 0.2) is 0 Å². The van der Waals surface area contributed by atoms with Crippen LogP contribution in [0.1, 0.15) is 39.7 Å². The van der Waals surface area contributed by atoms with Crippen LogP contribution in [0.5, 0.6) is 5.75 Å². The highest BCUT2D eigenvalue weighted by Gasteiger charge is 2.18. The average molecular weight is 279 g/mol. The van der Waals surface area contributed by atoms with E-state index >= 15 is 0 Å². The van der Waals surface area contributed by atoms with Crippen LogP contribution in [0.4, 0.5) is 0 Å². The first kappa shape index (κ1) is 16.5. The van der Waals surface area contributed by atoms with Crippen molar-refractivity contribution < 1.29 is 14.6 Å².